The molecule has 84 valence electrons. The molecule has 0 amide bonds. The summed E-state index contributed by atoms with van der Waals surface area (Å²) in [5.41, 5.74) is 0.210. The molecule has 2 aliphatic heterocycles. The zero-order chi connectivity index (χ0) is 14.3. The zero-order valence-corrected chi connectivity index (χ0v) is 9.77. The lowest BCUT2D eigenvalue weighted by Crippen LogP contribution is -2.45. The van der Waals surface area contributed by atoms with E-state index in [1.54, 1.807) is 4.90 Å². The third-order valence-electron chi connectivity index (χ3n) is 4.37. The molecule has 0 aromatic rings. The van der Waals surface area contributed by atoms with Crippen molar-refractivity contribution in [1.29, 1.82) is 0 Å². The molecule has 0 bridgehead atoms. The van der Waals surface area contributed by atoms with Crippen molar-refractivity contribution < 1.29 is 5.48 Å². The van der Waals surface area contributed by atoms with E-state index in [0.29, 0.717) is 24.3 Å². The predicted molar refractivity (Wildman–Crippen MR) is 63.8 cm³/mol. The van der Waals surface area contributed by atoms with Gasteiger partial charge in [0.1, 0.15) is 0 Å². The SMILES string of the molecule is [2H]C1([2H])CC2(CC2)[C@@]2(CC(C)C)CC(=C)C([2H])([2H])N12. The van der Waals surface area contributed by atoms with E-state index in [-0.39, 0.29) is 11.0 Å². The Morgan fingerprint density at radius 3 is 2.80 bits per heavy atom. The van der Waals surface area contributed by atoms with Crippen LogP contribution in [0, 0.1) is 11.3 Å². The van der Waals surface area contributed by atoms with Crippen LogP contribution >= 0.6 is 0 Å². The minimum absolute atomic E-state index is 0.00639. The molecule has 3 rings (SSSR count). The fourth-order valence-corrected chi connectivity index (χ4v) is 3.60. The Morgan fingerprint density at radius 1 is 1.47 bits per heavy atom. The van der Waals surface area contributed by atoms with Gasteiger partial charge < -0.3 is 0 Å². The smallest absolute Gasteiger partial charge is 0.0478 e. The van der Waals surface area contributed by atoms with E-state index in [9.17, 15) is 0 Å². The molecule has 2 heterocycles. The van der Waals surface area contributed by atoms with Crippen LogP contribution in [0.2, 0.25) is 0 Å². The first-order valence-electron chi connectivity index (χ1n) is 8.06. The highest BCUT2D eigenvalue weighted by Crippen LogP contribution is 2.67. The first-order chi connectivity index (χ1) is 8.57. The Hall–Kier alpha value is -0.300. The maximum atomic E-state index is 8.34. The van der Waals surface area contributed by atoms with Gasteiger partial charge in [0.05, 0.1) is 0 Å². The van der Waals surface area contributed by atoms with Gasteiger partial charge in [0.15, 0.2) is 0 Å². The monoisotopic (exact) mass is 209 g/mol. The van der Waals surface area contributed by atoms with Crippen molar-refractivity contribution in [2.75, 3.05) is 13.0 Å². The van der Waals surface area contributed by atoms with Gasteiger partial charge in [-0.1, -0.05) is 26.0 Å². The molecule has 3 fully saturated rings. The number of hydrogen-bond acceptors (Lipinski definition) is 1. The fourth-order valence-electron chi connectivity index (χ4n) is 3.60. The van der Waals surface area contributed by atoms with Gasteiger partial charge in [0.2, 0.25) is 0 Å². The molecule has 0 N–H and O–H groups in total. The summed E-state index contributed by atoms with van der Waals surface area (Å²) in [6.07, 6.45) is 4.06. The summed E-state index contributed by atoms with van der Waals surface area (Å²) in [5, 5.41) is 0. The number of rotatable bonds is 2. The van der Waals surface area contributed by atoms with Crippen LogP contribution in [0.5, 0.6) is 0 Å². The molecule has 1 saturated carbocycles. The fraction of sp³-hybridized carbons (Fsp3) is 0.857. The Balaban J connectivity index is 2.14. The van der Waals surface area contributed by atoms with Gasteiger partial charge in [0, 0.05) is 17.5 Å². The molecule has 1 heteroatoms. The van der Waals surface area contributed by atoms with Gasteiger partial charge in [-0.25, -0.2) is 0 Å². The van der Waals surface area contributed by atoms with Crippen molar-refractivity contribution in [2.24, 2.45) is 11.3 Å². The van der Waals surface area contributed by atoms with Crippen LogP contribution in [0.1, 0.15) is 51.4 Å². The Labute approximate surface area is 99.2 Å². The summed E-state index contributed by atoms with van der Waals surface area (Å²) in [6, 6.07) is 0. The highest BCUT2D eigenvalue weighted by Gasteiger charge is 2.66. The van der Waals surface area contributed by atoms with E-state index in [0.717, 1.165) is 19.3 Å². The Morgan fingerprint density at radius 2 is 2.20 bits per heavy atom. The quantitative estimate of drug-likeness (QED) is 0.631. The third kappa shape index (κ3) is 1.19. The van der Waals surface area contributed by atoms with Crippen molar-refractivity contribution in [1.82, 2.24) is 4.90 Å². The summed E-state index contributed by atoms with van der Waals surface area (Å²) >= 11 is 0. The molecule has 0 radical (unpaired) electrons. The van der Waals surface area contributed by atoms with Crippen LogP contribution in [0.25, 0.3) is 0 Å². The van der Waals surface area contributed by atoms with Crippen LogP contribution in [0.15, 0.2) is 12.2 Å². The van der Waals surface area contributed by atoms with Crippen LogP contribution in [-0.2, 0) is 0 Å². The normalized spacial score (nSPS) is 48.6. The number of fused-ring (bicyclic) bond motifs is 2. The average Bonchev–Trinajstić information content (AvgIpc) is 2.86. The second-order valence-corrected chi connectivity index (χ2v) is 5.97. The molecular weight excluding hydrogens is 182 g/mol. The van der Waals surface area contributed by atoms with E-state index >= 15 is 0 Å². The van der Waals surface area contributed by atoms with Crippen LogP contribution in [0.3, 0.4) is 0 Å². The molecule has 0 unspecified atom stereocenters. The lowest BCUT2D eigenvalue weighted by Gasteiger charge is -2.39. The standard InChI is InChI=1S/C14H23N/c1-11(2)8-14-9-12(3)10-15(14)7-6-13(14)4-5-13/h11H,3-10H2,1-2H3/t14-/m1/s1/i7D2,10D2. The van der Waals surface area contributed by atoms with E-state index in [4.69, 9.17) is 5.48 Å². The molecule has 0 aromatic carbocycles. The second kappa shape index (κ2) is 2.88. The van der Waals surface area contributed by atoms with Gasteiger partial charge in [-0.05, 0) is 49.9 Å². The largest absolute Gasteiger partial charge is 0.293 e. The maximum Gasteiger partial charge on any atom is 0.0478 e. The minimum Gasteiger partial charge on any atom is -0.293 e. The molecule has 3 aliphatic rings. The topological polar surface area (TPSA) is 3.24 Å². The second-order valence-electron chi connectivity index (χ2n) is 5.97. The first-order valence-corrected chi connectivity index (χ1v) is 6.06. The van der Waals surface area contributed by atoms with Gasteiger partial charge >= 0.3 is 0 Å². The Kier molecular flexibility index (Phi) is 1.24. The summed E-state index contributed by atoms with van der Waals surface area (Å²) in [7, 11) is 0. The minimum atomic E-state index is -1.70. The molecule has 1 aliphatic carbocycles. The lowest BCUT2D eigenvalue weighted by molar-refractivity contribution is 0.108. The van der Waals surface area contributed by atoms with E-state index in [1.807, 2.05) is 0 Å². The zero-order valence-electron chi connectivity index (χ0n) is 13.8. The molecule has 0 aromatic heterocycles. The van der Waals surface area contributed by atoms with Crippen molar-refractivity contribution in [3.63, 3.8) is 0 Å². The molecule has 2 saturated heterocycles. The molecule has 1 spiro atoms. The molecule has 15 heavy (non-hydrogen) atoms. The molecule has 1 nitrogen and oxygen atoms in total. The summed E-state index contributed by atoms with van der Waals surface area (Å²) < 4.78 is 33.3. The van der Waals surface area contributed by atoms with Crippen LogP contribution in [0.4, 0.5) is 0 Å². The number of nitrogens with zero attached hydrogens (tertiary/aromatic N) is 1. The number of hydrogen-bond donors (Lipinski definition) is 0. The summed E-state index contributed by atoms with van der Waals surface area (Å²) in [6.45, 7) is 4.96. The van der Waals surface area contributed by atoms with E-state index < -0.39 is 13.0 Å². The van der Waals surface area contributed by atoms with Crippen molar-refractivity contribution >= 4 is 0 Å². The highest BCUT2D eigenvalue weighted by atomic mass is 15.3. The van der Waals surface area contributed by atoms with Crippen LogP contribution < -0.4 is 0 Å². The lowest BCUT2D eigenvalue weighted by atomic mass is 9.74. The Bertz CT molecular complexity index is 439. The van der Waals surface area contributed by atoms with Crippen molar-refractivity contribution in [3.8, 4) is 0 Å². The molecule has 1 atom stereocenters. The van der Waals surface area contributed by atoms with Crippen molar-refractivity contribution in [3.05, 3.63) is 12.2 Å². The van der Waals surface area contributed by atoms with E-state index in [2.05, 4.69) is 20.4 Å². The maximum absolute atomic E-state index is 8.34. The average molecular weight is 209 g/mol. The third-order valence-corrected chi connectivity index (χ3v) is 4.37. The van der Waals surface area contributed by atoms with Gasteiger partial charge in [-0.3, -0.25) is 4.90 Å². The summed E-state index contributed by atoms with van der Waals surface area (Å²) in [5.74, 6) is 0.440. The predicted octanol–water partition coefficient (Wildman–Crippen LogP) is 3.22. The van der Waals surface area contributed by atoms with Gasteiger partial charge in [0.25, 0.3) is 0 Å². The van der Waals surface area contributed by atoms with Crippen molar-refractivity contribution in [2.45, 2.75) is 51.5 Å². The molecular formula is C14H23N. The van der Waals surface area contributed by atoms with Gasteiger partial charge in [-0.15, -0.1) is 0 Å². The van der Waals surface area contributed by atoms with Crippen LogP contribution in [-0.4, -0.2) is 23.4 Å². The first kappa shape index (κ1) is 6.44. The highest BCUT2D eigenvalue weighted by molar-refractivity contribution is 5.27. The van der Waals surface area contributed by atoms with Gasteiger partial charge in [-0.2, -0.15) is 0 Å². The summed E-state index contributed by atoms with van der Waals surface area (Å²) in [4.78, 5) is 1.56. The van der Waals surface area contributed by atoms with E-state index in [1.165, 1.54) is 0 Å².